The van der Waals surface area contributed by atoms with Gasteiger partial charge in [-0.05, 0) is 12.8 Å². The second-order valence-electron chi connectivity index (χ2n) is 4.39. The Bertz CT molecular complexity index is 102. The van der Waals surface area contributed by atoms with Crippen LogP contribution in [0.3, 0.4) is 0 Å². The summed E-state index contributed by atoms with van der Waals surface area (Å²) in [6.45, 7) is 3.66. The van der Waals surface area contributed by atoms with Gasteiger partial charge in [0.1, 0.15) is 0 Å². The van der Waals surface area contributed by atoms with Gasteiger partial charge in [0.05, 0.1) is 37.1 Å². The number of rotatable bonds is 7. The summed E-state index contributed by atoms with van der Waals surface area (Å²) in [5.74, 6) is 0. The fraction of sp³-hybridized carbons (Fsp3) is 1.00. The fourth-order valence-corrected chi connectivity index (χ4v) is 1.62. The zero-order valence-electron chi connectivity index (χ0n) is 9.40. The highest BCUT2D eigenvalue weighted by Gasteiger charge is 2.09. The Kier molecular flexibility index (Phi) is 6.77. The lowest BCUT2D eigenvalue weighted by molar-refractivity contribution is -0.879. The molecule has 0 amide bonds. The van der Waals surface area contributed by atoms with Crippen LogP contribution in [0.2, 0.25) is 0 Å². The minimum Gasteiger partial charge on any atom is -0.333 e. The van der Waals surface area contributed by atoms with Crippen LogP contribution in [0.25, 0.3) is 0 Å². The highest BCUT2D eigenvalue weighted by atomic mass is 28.1. The molecule has 12 heavy (non-hydrogen) atoms. The zero-order chi connectivity index (χ0) is 9.45. The first-order valence-corrected chi connectivity index (χ1v) is 6.86. The predicted molar refractivity (Wildman–Crippen MR) is 60.5 cm³/mol. The molecule has 0 radical (unpaired) electrons. The number of quaternary nitrogens is 1. The van der Waals surface area contributed by atoms with Crippen molar-refractivity contribution in [3.63, 3.8) is 0 Å². The quantitative estimate of drug-likeness (QED) is 0.321. The lowest BCUT2D eigenvalue weighted by atomic mass is 10.1. The molecule has 0 aliphatic carbocycles. The zero-order valence-corrected chi connectivity index (χ0v) is 11.4. The van der Waals surface area contributed by atoms with E-state index in [1.807, 2.05) is 0 Å². The minimum atomic E-state index is 1.25. The highest BCUT2D eigenvalue weighted by molar-refractivity contribution is 6.08. The van der Waals surface area contributed by atoms with Crippen LogP contribution in [0.5, 0.6) is 0 Å². The number of nitrogens with zero attached hydrogens (tertiary/aromatic N) is 1. The van der Waals surface area contributed by atoms with E-state index in [-0.39, 0.29) is 0 Å². The van der Waals surface area contributed by atoms with Gasteiger partial charge in [-0.1, -0.05) is 26.2 Å². The van der Waals surface area contributed by atoms with Gasteiger partial charge in [-0.25, -0.2) is 0 Å². The Balaban J connectivity index is 3.19. The van der Waals surface area contributed by atoms with E-state index in [0.717, 1.165) is 0 Å². The summed E-state index contributed by atoms with van der Waals surface area (Å²) in [5.41, 5.74) is 0. The third-order valence-corrected chi connectivity index (χ3v) is 4.44. The van der Waals surface area contributed by atoms with Crippen molar-refractivity contribution in [2.24, 2.45) is 0 Å². The SMILES string of the molecule is CCCCCCC[N+](C)(C)C[SiH3]. The van der Waals surface area contributed by atoms with Crippen LogP contribution in [0.15, 0.2) is 0 Å². The monoisotopic (exact) mass is 188 g/mol. The number of hydrogen-bond acceptors (Lipinski definition) is 0. The van der Waals surface area contributed by atoms with Crippen molar-refractivity contribution in [1.82, 2.24) is 0 Å². The first-order valence-electron chi connectivity index (χ1n) is 5.44. The van der Waals surface area contributed by atoms with Crippen molar-refractivity contribution in [2.75, 3.05) is 26.8 Å². The van der Waals surface area contributed by atoms with Crippen LogP contribution in [-0.4, -0.2) is 41.5 Å². The molecule has 0 rings (SSSR count). The third-order valence-electron chi connectivity index (χ3n) is 2.72. The first-order chi connectivity index (χ1) is 5.62. The van der Waals surface area contributed by atoms with Crippen molar-refractivity contribution in [3.8, 4) is 0 Å². The molecule has 0 bridgehead atoms. The molecule has 0 atom stereocenters. The van der Waals surface area contributed by atoms with Gasteiger partial charge in [-0.2, -0.15) is 0 Å². The average Bonchev–Trinajstić information content (AvgIpc) is 2.04. The largest absolute Gasteiger partial charge is 0.333 e. The van der Waals surface area contributed by atoms with Crippen molar-refractivity contribution in [3.05, 3.63) is 0 Å². The topological polar surface area (TPSA) is 0 Å². The summed E-state index contributed by atoms with van der Waals surface area (Å²) in [5, 5.41) is 0. The minimum absolute atomic E-state index is 1.25. The highest BCUT2D eigenvalue weighted by Crippen LogP contribution is 2.05. The maximum absolute atomic E-state index is 2.35. The van der Waals surface area contributed by atoms with Gasteiger partial charge in [0.2, 0.25) is 0 Å². The van der Waals surface area contributed by atoms with Gasteiger partial charge in [0.15, 0.2) is 0 Å². The molecule has 0 aromatic heterocycles. The number of hydrogen-bond donors (Lipinski definition) is 0. The molecule has 0 unspecified atom stereocenters. The molecule has 1 nitrogen and oxygen atoms in total. The Morgan fingerprint density at radius 1 is 1.00 bits per heavy atom. The van der Waals surface area contributed by atoms with Gasteiger partial charge < -0.3 is 4.48 Å². The number of unbranched alkanes of at least 4 members (excludes halogenated alkanes) is 4. The summed E-state index contributed by atoms with van der Waals surface area (Å²) in [6, 6.07) is 0. The van der Waals surface area contributed by atoms with E-state index in [0.29, 0.717) is 0 Å². The molecule has 0 heterocycles. The van der Waals surface area contributed by atoms with E-state index in [1.54, 1.807) is 0 Å². The standard InChI is InChI=1S/C10H26NSi/c1-4-5-6-7-8-9-11(2,3)10-12/h4-10H2,1-3,12H3/q+1. The molecular weight excluding hydrogens is 162 g/mol. The van der Waals surface area contributed by atoms with E-state index in [2.05, 4.69) is 21.0 Å². The lowest BCUT2D eigenvalue weighted by Crippen LogP contribution is -2.41. The summed E-state index contributed by atoms with van der Waals surface area (Å²) >= 11 is 0. The average molecular weight is 188 g/mol. The van der Waals surface area contributed by atoms with Crippen molar-refractivity contribution < 1.29 is 4.48 Å². The van der Waals surface area contributed by atoms with Crippen LogP contribution in [0.1, 0.15) is 39.0 Å². The maximum atomic E-state index is 2.35. The lowest BCUT2D eigenvalue weighted by Gasteiger charge is -2.28. The van der Waals surface area contributed by atoms with E-state index in [9.17, 15) is 0 Å². The smallest absolute Gasteiger partial charge is 0.0779 e. The molecular formula is C10H26NSi+. The Morgan fingerprint density at radius 3 is 2.08 bits per heavy atom. The van der Waals surface area contributed by atoms with Gasteiger partial charge in [0, 0.05) is 0 Å². The summed E-state index contributed by atoms with van der Waals surface area (Å²) in [7, 11) is 6.05. The second-order valence-corrected chi connectivity index (χ2v) is 5.02. The van der Waals surface area contributed by atoms with Crippen LogP contribution in [0.4, 0.5) is 0 Å². The van der Waals surface area contributed by atoms with Gasteiger partial charge in [-0.3, -0.25) is 0 Å². The summed E-state index contributed by atoms with van der Waals surface area (Å²) in [6.07, 6.45) is 8.49. The molecule has 0 saturated carbocycles. The van der Waals surface area contributed by atoms with Crippen molar-refractivity contribution >= 4 is 10.2 Å². The fourth-order valence-electron chi connectivity index (χ4n) is 1.30. The molecule has 0 N–H and O–H groups in total. The first kappa shape index (κ1) is 12.2. The van der Waals surface area contributed by atoms with Crippen molar-refractivity contribution in [2.45, 2.75) is 39.0 Å². The van der Waals surface area contributed by atoms with E-state index < -0.39 is 0 Å². The van der Waals surface area contributed by atoms with Crippen LogP contribution < -0.4 is 0 Å². The second kappa shape index (κ2) is 6.67. The Hall–Kier alpha value is 0.177. The maximum Gasteiger partial charge on any atom is 0.0779 e. The van der Waals surface area contributed by atoms with E-state index in [1.165, 1.54) is 59.5 Å². The van der Waals surface area contributed by atoms with Crippen LogP contribution in [-0.2, 0) is 0 Å². The summed E-state index contributed by atoms with van der Waals surface area (Å²) in [4.78, 5) is 0. The van der Waals surface area contributed by atoms with Gasteiger partial charge in [0.25, 0.3) is 0 Å². The molecule has 0 aromatic rings. The molecule has 0 fully saturated rings. The van der Waals surface area contributed by atoms with Gasteiger partial charge in [-0.15, -0.1) is 0 Å². The Labute approximate surface area is 81.2 Å². The normalized spacial score (nSPS) is 12.2. The van der Waals surface area contributed by atoms with Crippen molar-refractivity contribution in [1.29, 1.82) is 0 Å². The molecule has 74 valence electrons. The van der Waals surface area contributed by atoms with Crippen LogP contribution >= 0.6 is 0 Å². The molecule has 0 spiro atoms. The molecule has 0 saturated heterocycles. The van der Waals surface area contributed by atoms with Gasteiger partial charge >= 0.3 is 0 Å². The van der Waals surface area contributed by atoms with Crippen LogP contribution in [0, 0.1) is 0 Å². The molecule has 0 aliphatic rings. The van der Waals surface area contributed by atoms with E-state index in [4.69, 9.17) is 0 Å². The van der Waals surface area contributed by atoms with E-state index >= 15 is 0 Å². The summed E-state index contributed by atoms with van der Waals surface area (Å²) < 4.78 is 1.25. The molecule has 2 heteroatoms. The Morgan fingerprint density at radius 2 is 1.58 bits per heavy atom. The molecule has 0 aliphatic heterocycles. The third kappa shape index (κ3) is 6.86. The predicted octanol–water partition coefficient (Wildman–Crippen LogP) is 1.36. The molecule has 0 aromatic carbocycles.